The van der Waals surface area contributed by atoms with Crippen LogP contribution >= 0.6 is 11.3 Å². The van der Waals surface area contributed by atoms with Crippen molar-refractivity contribution in [2.75, 3.05) is 0 Å². The molecule has 7 aromatic carbocycles. The first-order valence-electron chi connectivity index (χ1n) is 15.3. The standard InChI is InChI=1S/C42H25NOS/c1-2-11-26(12-3-1)27-13-8-14-28(25-27)29-17-10-22-38-39(29)33-18-9-20-35(42(33)45-38)43-34-19-6-4-15-30(34)31-23-24-37-40(41(31)43)32-16-5-7-21-36(32)44-37/h1-25H. The number of aromatic nitrogens is 1. The normalized spacial score (nSPS) is 12.0. The lowest BCUT2D eigenvalue weighted by molar-refractivity contribution is 0.669. The summed E-state index contributed by atoms with van der Waals surface area (Å²) in [5, 5.41) is 7.38. The van der Waals surface area contributed by atoms with Crippen LogP contribution < -0.4 is 0 Å². The maximum Gasteiger partial charge on any atom is 0.137 e. The Morgan fingerprint density at radius 3 is 2.13 bits per heavy atom. The van der Waals surface area contributed by atoms with Crippen molar-refractivity contribution in [1.29, 1.82) is 0 Å². The molecule has 45 heavy (non-hydrogen) atoms. The maximum atomic E-state index is 6.38. The summed E-state index contributed by atoms with van der Waals surface area (Å²) in [5.41, 5.74) is 10.4. The molecule has 0 aliphatic carbocycles. The van der Waals surface area contributed by atoms with Gasteiger partial charge in [0.25, 0.3) is 0 Å². The molecule has 0 saturated heterocycles. The molecule has 0 radical (unpaired) electrons. The van der Waals surface area contributed by atoms with Crippen LogP contribution in [-0.4, -0.2) is 4.57 Å². The van der Waals surface area contributed by atoms with Crippen molar-refractivity contribution in [3.63, 3.8) is 0 Å². The van der Waals surface area contributed by atoms with Gasteiger partial charge >= 0.3 is 0 Å². The molecule has 210 valence electrons. The minimum Gasteiger partial charge on any atom is -0.456 e. The lowest BCUT2D eigenvalue weighted by Crippen LogP contribution is -1.94. The van der Waals surface area contributed by atoms with E-state index in [1.165, 1.54) is 69.9 Å². The van der Waals surface area contributed by atoms with E-state index < -0.39 is 0 Å². The lowest BCUT2D eigenvalue weighted by atomic mass is 9.96. The predicted octanol–water partition coefficient (Wildman–Crippen LogP) is 12.4. The molecule has 0 N–H and O–H groups in total. The van der Waals surface area contributed by atoms with Gasteiger partial charge < -0.3 is 8.98 Å². The van der Waals surface area contributed by atoms with Gasteiger partial charge in [-0.2, -0.15) is 0 Å². The Morgan fingerprint density at radius 2 is 1.20 bits per heavy atom. The Morgan fingerprint density at radius 1 is 0.467 bits per heavy atom. The summed E-state index contributed by atoms with van der Waals surface area (Å²) in [7, 11) is 0. The Hall–Kier alpha value is -5.64. The topological polar surface area (TPSA) is 18.1 Å². The van der Waals surface area contributed by atoms with E-state index in [-0.39, 0.29) is 0 Å². The number of hydrogen-bond acceptors (Lipinski definition) is 2. The van der Waals surface area contributed by atoms with E-state index >= 15 is 0 Å². The smallest absolute Gasteiger partial charge is 0.137 e. The Labute approximate surface area is 263 Å². The summed E-state index contributed by atoms with van der Waals surface area (Å²) >= 11 is 1.88. The number of rotatable bonds is 3. The fraction of sp³-hybridized carbons (Fsp3) is 0. The van der Waals surface area contributed by atoms with Crippen LogP contribution in [0.2, 0.25) is 0 Å². The molecule has 2 nitrogen and oxygen atoms in total. The van der Waals surface area contributed by atoms with Gasteiger partial charge in [0.1, 0.15) is 11.2 Å². The van der Waals surface area contributed by atoms with Crippen LogP contribution in [0.3, 0.4) is 0 Å². The quantitative estimate of drug-likeness (QED) is 0.200. The van der Waals surface area contributed by atoms with Crippen LogP contribution in [0.5, 0.6) is 0 Å². The van der Waals surface area contributed by atoms with Crippen molar-refractivity contribution in [1.82, 2.24) is 4.57 Å². The Balaban J connectivity index is 1.29. The van der Waals surface area contributed by atoms with E-state index in [0.717, 1.165) is 21.9 Å². The summed E-state index contributed by atoms with van der Waals surface area (Å²) in [6.07, 6.45) is 0. The van der Waals surface area contributed by atoms with E-state index in [4.69, 9.17) is 4.42 Å². The average molecular weight is 592 g/mol. The third-order valence-electron chi connectivity index (χ3n) is 9.20. The molecule has 0 unspecified atom stereocenters. The SMILES string of the molecule is c1ccc(-c2cccc(-c3cccc4sc5c(-n6c7ccccc7c7ccc8oc9ccccc9c8c76)cccc5c34)c2)cc1. The van der Waals surface area contributed by atoms with Gasteiger partial charge in [0.15, 0.2) is 0 Å². The van der Waals surface area contributed by atoms with Gasteiger partial charge in [-0.1, -0.05) is 109 Å². The second-order valence-electron chi connectivity index (χ2n) is 11.7. The number of benzene rings is 7. The van der Waals surface area contributed by atoms with Crippen molar-refractivity contribution >= 4 is 75.3 Å². The van der Waals surface area contributed by atoms with Gasteiger partial charge in [-0.05, 0) is 64.7 Å². The van der Waals surface area contributed by atoms with E-state index in [1.807, 2.05) is 17.4 Å². The summed E-state index contributed by atoms with van der Waals surface area (Å²) in [6, 6.07) is 54.6. The number of nitrogens with zero attached hydrogens (tertiary/aromatic N) is 1. The van der Waals surface area contributed by atoms with Crippen LogP contribution in [0.15, 0.2) is 156 Å². The fourth-order valence-electron chi connectivity index (χ4n) is 7.26. The number of para-hydroxylation sites is 2. The predicted molar refractivity (Wildman–Crippen MR) is 192 cm³/mol. The molecule has 0 amide bonds. The molecule has 3 heteroatoms. The highest BCUT2D eigenvalue weighted by molar-refractivity contribution is 7.26. The van der Waals surface area contributed by atoms with Crippen LogP contribution in [0.4, 0.5) is 0 Å². The number of hydrogen-bond donors (Lipinski definition) is 0. The van der Waals surface area contributed by atoms with Crippen molar-refractivity contribution in [2.45, 2.75) is 0 Å². The van der Waals surface area contributed by atoms with Gasteiger partial charge in [0.05, 0.1) is 26.8 Å². The fourth-order valence-corrected chi connectivity index (χ4v) is 8.49. The largest absolute Gasteiger partial charge is 0.456 e. The number of furan rings is 1. The van der Waals surface area contributed by atoms with Crippen LogP contribution in [0.25, 0.3) is 91.9 Å². The third kappa shape index (κ3) is 3.56. The third-order valence-corrected chi connectivity index (χ3v) is 10.4. The van der Waals surface area contributed by atoms with E-state index in [9.17, 15) is 0 Å². The van der Waals surface area contributed by atoms with Crippen LogP contribution in [-0.2, 0) is 0 Å². The molecule has 0 aliphatic heterocycles. The van der Waals surface area contributed by atoms with Crippen molar-refractivity contribution in [3.8, 4) is 27.9 Å². The van der Waals surface area contributed by atoms with Gasteiger partial charge in [0.2, 0.25) is 0 Å². The molecule has 0 bridgehead atoms. The minimum absolute atomic E-state index is 0.914. The van der Waals surface area contributed by atoms with Gasteiger partial charge in [-0.15, -0.1) is 11.3 Å². The van der Waals surface area contributed by atoms with Crippen molar-refractivity contribution in [2.24, 2.45) is 0 Å². The Kier molecular flexibility index (Phi) is 5.19. The van der Waals surface area contributed by atoms with E-state index in [0.29, 0.717) is 0 Å². The number of thiophene rings is 1. The van der Waals surface area contributed by atoms with Crippen LogP contribution in [0.1, 0.15) is 0 Å². The highest BCUT2D eigenvalue weighted by atomic mass is 32.1. The van der Waals surface area contributed by atoms with Gasteiger partial charge in [0, 0.05) is 31.6 Å². The minimum atomic E-state index is 0.914. The Bertz CT molecular complexity index is 2760. The van der Waals surface area contributed by atoms with Crippen molar-refractivity contribution < 1.29 is 4.42 Å². The highest BCUT2D eigenvalue weighted by Gasteiger charge is 2.21. The summed E-state index contributed by atoms with van der Waals surface area (Å²) in [5.74, 6) is 0. The van der Waals surface area contributed by atoms with E-state index in [2.05, 4.69) is 150 Å². The first-order valence-corrected chi connectivity index (χ1v) is 16.1. The van der Waals surface area contributed by atoms with Crippen molar-refractivity contribution in [3.05, 3.63) is 152 Å². The molecule has 0 atom stereocenters. The summed E-state index contributed by atoms with van der Waals surface area (Å²) in [4.78, 5) is 0. The van der Waals surface area contributed by atoms with Gasteiger partial charge in [-0.25, -0.2) is 0 Å². The van der Waals surface area contributed by atoms with E-state index in [1.54, 1.807) is 0 Å². The molecule has 0 aliphatic rings. The molecule has 3 aromatic heterocycles. The monoisotopic (exact) mass is 591 g/mol. The lowest BCUT2D eigenvalue weighted by Gasteiger charge is -2.11. The van der Waals surface area contributed by atoms with Gasteiger partial charge in [-0.3, -0.25) is 0 Å². The average Bonchev–Trinajstić information content (AvgIpc) is 3.78. The molecule has 10 rings (SSSR count). The zero-order valence-corrected chi connectivity index (χ0v) is 25.0. The second kappa shape index (κ2) is 9.43. The zero-order valence-electron chi connectivity index (χ0n) is 24.2. The molecular formula is C42H25NOS. The molecular weight excluding hydrogens is 567 g/mol. The zero-order chi connectivity index (χ0) is 29.5. The summed E-state index contributed by atoms with van der Waals surface area (Å²) < 4.78 is 11.4. The molecule has 10 aromatic rings. The second-order valence-corrected chi connectivity index (χ2v) is 12.7. The van der Waals surface area contributed by atoms with Crippen LogP contribution in [0, 0.1) is 0 Å². The molecule has 0 spiro atoms. The molecule has 0 fully saturated rings. The number of fused-ring (bicyclic) bond motifs is 10. The maximum absolute atomic E-state index is 6.38. The first-order chi connectivity index (χ1) is 22.3. The first kappa shape index (κ1) is 24.8. The molecule has 3 heterocycles. The molecule has 0 saturated carbocycles. The summed E-state index contributed by atoms with van der Waals surface area (Å²) in [6.45, 7) is 0. The highest BCUT2D eigenvalue weighted by Crippen LogP contribution is 2.46.